The number of carboxylic acids is 1. The number of primary amides is 1. The summed E-state index contributed by atoms with van der Waals surface area (Å²) < 4.78 is 110. The molecule has 592 valence electrons. The van der Waals surface area contributed by atoms with Gasteiger partial charge in [-0.05, 0) is 200 Å². The number of nitrogens with two attached hydrogens (primary N) is 2. The maximum atomic E-state index is 14.1. The van der Waals surface area contributed by atoms with Gasteiger partial charge in [-0.3, -0.25) is 42.7 Å². The van der Waals surface area contributed by atoms with Crippen molar-refractivity contribution in [2.75, 3.05) is 30.9 Å². The van der Waals surface area contributed by atoms with Crippen LogP contribution in [0.25, 0.3) is 0 Å². The standard InChI is InChI=1S/C13H12FN5O2.C9H8BrFN2O2.2C8H7BrFNO3.C8H7BrFNO2.C6H4BrFN2O2.C6H3BrFNO2.C4H5N3.C3H6O/c1-13(2)18-11(20)10-7(14)5-8(12(21)19(10)13)17-9-3-4-15-6-16-9;1-9(2)12-7(14)6-5(11)3-4(10)8(15)13(6)9;1-2-14-8(12)7-6(10)3-5(9)4-11(7)13;1-2-14-8(13)6-5(10)3-4(9)7(12)11-6;1-2-13-8(12)7-6(10)3-5(9)4-11-7;7-2-1-3(8)4(5(9)11)10-6(2)12;7-3-1-4(8)5(6(10)11)9-2-3;5-4-1-2-6-3-7-4;1-3(2)4/h3-6H,1-2H3,(H,18,20)(H,15,16,17);3H,1-2H3,(H,12,14);3-4H,2H2,1H3;3H,2H2,1H3,(H,11,12);3-4H,2H2,1H3;1H,(H2,9,11)(H,10,12);1-2H,(H,10,11);1-3H,(H2,5,6,7);1-2H3. The van der Waals surface area contributed by atoms with Gasteiger partial charge in [0.25, 0.3) is 40.0 Å². The van der Waals surface area contributed by atoms with Gasteiger partial charge in [0.05, 0.1) is 37.7 Å². The van der Waals surface area contributed by atoms with Crippen LogP contribution < -0.4 is 54.4 Å². The molecular formula is C65H59Br6F7N16O17. The number of fused-ring (bicyclic) bond motifs is 2. The van der Waals surface area contributed by atoms with Crippen molar-refractivity contribution in [3.63, 3.8) is 0 Å². The number of hydrogen-bond acceptors (Lipinski definition) is 24. The Morgan fingerprint density at radius 2 is 0.982 bits per heavy atom. The average molecular weight is 1950 g/mol. The van der Waals surface area contributed by atoms with Crippen molar-refractivity contribution in [2.24, 2.45) is 5.73 Å². The van der Waals surface area contributed by atoms with Crippen LogP contribution in [0, 0.1) is 45.9 Å². The van der Waals surface area contributed by atoms with E-state index in [0.717, 1.165) is 51.7 Å². The molecule has 9 aromatic heterocycles. The number of anilines is 3. The predicted molar refractivity (Wildman–Crippen MR) is 400 cm³/mol. The van der Waals surface area contributed by atoms with Gasteiger partial charge in [-0.15, -0.1) is 0 Å². The number of esters is 3. The minimum Gasteiger partial charge on any atom is -0.618 e. The van der Waals surface area contributed by atoms with E-state index in [1.807, 2.05) is 4.98 Å². The van der Waals surface area contributed by atoms with Crippen molar-refractivity contribution < 1.29 is 93.1 Å². The summed E-state index contributed by atoms with van der Waals surface area (Å²) in [7, 11) is 0. The van der Waals surface area contributed by atoms with Gasteiger partial charge in [0.15, 0.2) is 58.2 Å². The number of hydrogen-bond donors (Lipinski definition) is 8. The third kappa shape index (κ3) is 28.2. The summed E-state index contributed by atoms with van der Waals surface area (Å²) in [5.41, 5.74) is 3.07. The van der Waals surface area contributed by atoms with E-state index in [4.69, 9.17) is 16.6 Å². The summed E-state index contributed by atoms with van der Waals surface area (Å²) in [5, 5.41) is 27.3. The number of carbonyl (C=O) groups excluding carboxylic acids is 7. The lowest BCUT2D eigenvalue weighted by molar-refractivity contribution is -0.610. The van der Waals surface area contributed by atoms with E-state index in [1.54, 1.807) is 66.8 Å². The van der Waals surface area contributed by atoms with Crippen LogP contribution in [0.5, 0.6) is 0 Å². The van der Waals surface area contributed by atoms with E-state index in [-0.39, 0.29) is 71.0 Å². The molecule has 0 aliphatic carbocycles. The van der Waals surface area contributed by atoms with E-state index in [1.165, 1.54) is 51.2 Å². The summed E-state index contributed by atoms with van der Waals surface area (Å²) in [6.07, 6.45) is 9.42. The fraction of sp³-hybridized carbons (Fsp3) is 0.215. The molecule has 0 bridgehead atoms. The van der Waals surface area contributed by atoms with E-state index in [2.05, 4.69) is 161 Å². The second-order valence-corrected chi connectivity index (χ2v) is 27.1. The van der Waals surface area contributed by atoms with Crippen LogP contribution >= 0.6 is 95.6 Å². The number of carbonyl (C=O) groups is 8. The first-order valence-corrected chi connectivity index (χ1v) is 35.2. The normalized spacial score (nSPS) is 11.7. The molecule has 3 amide bonds. The Morgan fingerprint density at radius 1 is 0.559 bits per heavy atom. The van der Waals surface area contributed by atoms with Crippen molar-refractivity contribution in [1.82, 2.24) is 59.6 Å². The van der Waals surface area contributed by atoms with Crippen LogP contribution in [0.2, 0.25) is 0 Å². The van der Waals surface area contributed by atoms with Gasteiger partial charge < -0.3 is 66.7 Å². The first-order valence-electron chi connectivity index (χ1n) is 30.4. The second kappa shape index (κ2) is 43.5. The highest BCUT2D eigenvalue weighted by Gasteiger charge is 2.40. The monoisotopic (exact) mass is 1940 g/mol. The maximum absolute atomic E-state index is 14.1. The zero-order chi connectivity index (χ0) is 84.3. The highest BCUT2D eigenvalue weighted by molar-refractivity contribution is 9.11. The maximum Gasteiger partial charge on any atom is 0.408 e. The summed E-state index contributed by atoms with van der Waals surface area (Å²) in [4.78, 5) is 159. The van der Waals surface area contributed by atoms with Crippen molar-refractivity contribution in [3.05, 3.63) is 252 Å². The Kier molecular flexibility index (Phi) is 37.0. The number of aromatic amines is 2. The van der Waals surface area contributed by atoms with E-state index >= 15 is 0 Å². The lowest BCUT2D eigenvalue weighted by Gasteiger charge is -2.22. The molecule has 111 heavy (non-hydrogen) atoms. The van der Waals surface area contributed by atoms with Crippen LogP contribution in [0.1, 0.15) is 136 Å². The number of ketones is 1. The Balaban J connectivity index is 0.000000331. The number of aromatic carboxylic acids is 1. The van der Waals surface area contributed by atoms with Gasteiger partial charge in [0.2, 0.25) is 5.82 Å². The highest BCUT2D eigenvalue weighted by Crippen LogP contribution is 2.26. The molecule has 0 atom stereocenters. The van der Waals surface area contributed by atoms with Gasteiger partial charge in [-0.1, -0.05) is 0 Å². The van der Waals surface area contributed by atoms with Crippen LogP contribution in [0.4, 0.5) is 48.1 Å². The number of nitrogen functional groups attached to an aromatic ring is 1. The number of ether oxygens (including phenoxy) is 3. The molecule has 0 saturated carbocycles. The fourth-order valence-corrected chi connectivity index (χ4v) is 10.0. The molecule has 33 nitrogen and oxygen atoms in total. The molecular weight excluding hydrogens is 1890 g/mol. The Bertz CT molecular complexity index is 5160. The third-order valence-corrected chi connectivity index (χ3v) is 15.5. The largest absolute Gasteiger partial charge is 0.618 e. The minimum atomic E-state index is -1.37. The van der Waals surface area contributed by atoms with Crippen molar-refractivity contribution >= 4 is 160 Å². The number of Topliss-reactive ketones (excluding diaryl/α,β-unsaturated/α-hetero) is 1. The molecule has 10 N–H and O–H groups in total. The molecule has 2 aliphatic rings. The first kappa shape index (κ1) is 94.4. The number of pyridine rings is 7. The fourth-order valence-electron chi connectivity index (χ4n) is 8.03. The molecule has 11 rings (SSSR count). The van der Waals surface area contributed by atoms with Gasteiger partial charge in [-0.2, -0.15) is 9.12 Å². The molecule has 0 saturated heterocycles. The number of nitrogens with one attached hydrogen (secondary N) is 5. The molecule has 2 aliphatic heterocycles. The molecule has 0 unspecified atom stereocenters. The zero-order valence-corrected chi connectivity index (χ0v) is 67.9. The summed E-state index contributed by atoms with van der Waals surface area (Å²) in [5.74, 6) is -10.7. The van der Waals surface area contributed by atoms with Gasteiger partial charge in [0.1, 0.15) is 64.2 Å². The molecule has 0 fully saturated rings. The van der Waals surface area contributed by atoms with E-state index < -0.39 is 139 Å². The van der Waals surface area contributed by atoms with Crippen molar-refractivity contribution in [3.8, 4) is 0 Å². The second-order valence-electron chi connectivity index (χ2n) is 21.8. The number of amides is 3. The van der Waals surface area contributed by atoms with Gasteiger partial charge >= 0.3 is 29.6 Å². The molecule has 0 radical (unpaired) electrons. The topological polar surface area (TPSA) is 487 Å². The molecule has 0 aromatic carbocycles. The zero-order valence-electron chi connectivity index (χ0n) is 58.4. The lowest BCUT2D eigenvalue weighted by Crippen LogP contribution is -2.42. The summed E-state index contributed by atoms with van der Waals surface area (Å²) >= 11 is 17.5. The van der Waals surface area contributed by atoms with Crippen LogP contribution in [-0.2, 0) is 30.3 Å². The third-order valence-electron chi connectivity index (χ3n) is 12.4. The van der Waals surface area contributed by atoms with Crippen LogP contribution in [0.15, 0.2) is 144 Å². The van der Waals surface area contributed by atoms with E-state index in [9.17, 15) is 93.5 Å². The Hall–Kier alpha value is -10.8. The summed E-state index contributed by atoms with van der Waals surface area (Å²) in [6.45, 7) is 14.8. The molecule has 46 heteroatoms. The SMILES string of the molecule is CC(C)=O.CC1(C)NC(=O)c2c(F)cc(Br)c(=O)n21.CC1(C)NC(=O)c2c(F)cc(Nc3ccncn3)c(=O)n21.CCOC(=O)c1[nH]c(=O)c(Br)cc1F.CCOC(=O)c1c(F)cc(Br)c[n+]1[O-].CCOC(=O)c1ncc(Br)cc1F.NC(=O)c1[nH]c(=O)c(Br)cc1F.Nc1ccncn1.O=C(O)c1ncc(Br)cc1F. The van der Waals surface area contributed by atoms with Gasteiger partial charge in [-0.25, -0.2) is 75.4 Å². The lowest BCUT2D eigenvalue weighted by atomic mass is 10.2. The number of H-pyrrole nitrogens is 2. The van der Waals surface area contributed by atoms with Crippen molar-refractivity contribution in [2.45, 2.75) is 73.6 Å². The number of aromatic nitrogens is 11. The molecule has 9 aromatic rings. The van der Waals surface area contributed by atoms with E-state index in [0.29, 0.717) is 20.6 Å². The van der Waals surface area contributed by atoms with Crippen LogP contribution in [0.3, 0.4) is 0 Å². The highest BCUT2D eigenvalue weighted by atomic mass is 79.9. The predicted octanol–water partition coefficient (Wildman–Crippen LogP) is 9.87. The number of halogens is 13. The molecule has 11 heterocycles. The van der Waals surface area contributed by atoms with Crippen molar-refractivity contribution in [1.29, 1.82) is 0 Å². The average Bonchev–Trinajstić information content (AvgIpc) is 1.61. The summed E-state index contributed by atoms with van der Waals surface area (Å²) in [6, 6.07) is 10.2. The number of carboxylic acid groups (broad SMARTS) is 1. The Morgan fingerprint density at radius 3 is 1.41 bits per heavy atom. The minimum absolute atomic E-state index is 0.000440. The van der Waals surface area contributed by atoms with Crippen LogP contribution in [-0.4, -0.2) is 121 Å². The molecule has 0 spiro atoms. The number of rotatable bonds is 10. The first-order chi connectivity index (χ1) is 51.8. The Labute approximate surface area is 671 Å². The van der Waals surface area contributed by atoms with Gasteiger partial charge in [0, 0.05) is 45.9 Å². The number of nitrogens with zero attached hydrogens (tertiary/aromatic N) is 9. The quantitative estimate of drug-likeness (QED) is 0.0207. The smallest absolute Gasteiger partial charge is 0.408 e.